The molecule has 0 N–H and O–H groups in total. The second kappa shape index (κ2) is 7.63. The molecule has 1 aromatic carbocycles. The van der Waals surface area contributed by atoms with Gasteiger partial charge in [0.2, 0.25) is 0 Å². The first-order valence-corrected chi connectivity index (χ1v) is 7.66. The lowest BCUT2D eigenvalue weighted by Gasteiger charge is -2.26. The van der Waals surface area contributed by atoms with E-state index in [1.54, 1.807) is 0 Å². The Kier molecular flexibility index (Phi) is 6.86. The van der Waals surface area contributed by atoms with Crippen molar-refractivity contribution < 1.29 is 0 Å². The van der Waals surface area contributed by atoms with E-state index in [2.05, 4.69) is 34.7 Å². The highest BCUT2D eigenvalue weighted by molar-refractivity contribution is 9.09. The Hall–Kier alpha value is 0.240. The molecule has 1 aromatic rings. The number of halogens is 3. The highest BCUT2D eigenvalue weighted by Crippen LogP contribution is 2.22. The van der Waals surface area contributed by atoms with Gasteiger partial charge in [0, 0.05) is 28.0 Å². The Labute approximate surface area is 122 Å². The zero-order chi connectivity index (χ0) is 12.8. The number of hydrogen-bond acceptors (Lipinski definition) is 1. The van der Waals surface area contributed by atoms with E-state index >= 15 is 0 Å². The predicted octanol–water partition coefficient (Wildman–Crippen LogP) is 4.99. The lowest BCUT2D eigenvalue weighted by Crippen LogP contribution is -2.31. The summed E-state index contributed by atoms with van der Waals surface area (Å²) in [5.41, 5.74) is 1.10. The third kappa shape index (κ3) is 5.17. The summed E-state index contributed by atoms with van der Waals surface area (Å²) in [6.07, 6.45) is 1.14. The summed E-state index contributed by atoms with van der Waals surface area (Å²) in [5, 5.41) is 2.56. The minimum absolute atomic E-state index is 0.504. The maximum atomic E-state index is 6.18. The van der Waals surface area contributed by atoms with Crippen LogP contribution in [0.5, 0.6) is 0 Å². The maximum absolute atomic E-state index is 6.18. The first-order valence-electron chi connectivity index (χ1n) is 5.78. The molecule has 1 rings (SSSR count). The van der Waals surface area contributed by atoms with Crippen LogP contribution in [-0.2, 0) is 6.54 Å². The minimum atomic E-state index is 0.504. The topological polar surface area (TPSA) is 3.24 Å². The van der Waals surface area contributed by atoms with Gasteiger partial charge in [-0.2, -0.15) is 0 Å². The molecule has 0 saturated carbocycles. The van der Waals surface area contributed by atoms with E-state index in [9.17, 15) is 0 Å². The van der Waals surface area contributed by atoms with Crippen LogP contribution < -0.4 is 0 Å². The van der Waals surface area contributed by atoms with Crippen LogP contribution >= 0.6 is 39.1 Å². The summed E-state index contributed by atoms with van der Waals surface area (Å²) in [6, 6.07) is 6.14. The average Bonchev–Trinajstić information content (AvgIpc) is 2.28. The molecule has 0 amide bonds. The van der Waals surface area contributed by atoms with Gasteiger partial charge in [-0.25, -0.2) is 0 Å². The standard InChI is InChI=1S/C13H18BrCl2N/c1-10(2)17(7-3-6-14)9-11-8-12(15)4-5-13(11)16/h4-5,8,10H,3,6-7,9H2,1-2H3. The van der Waals surface area contributed by atoms with Crippen LogP contribution in [0.4, 0.5) is 0 Å². The molecule has 0 heterocycles. The summed E-state index contributed by atoms with van der Waals surface area (Å²) < 4.78 is 0. The number of hydrogen-bond donors (Lipinski definition) is 0. The molecule has 0 aromatic heterocycles. The smallest absolute Gasteiger partial charge is 0.0452 e. The molecule has 0 saturated heterocycles. The molecule has 0 fully saturated rings. The van der Waals surface area contributed by atoms with Crippen LogP contribution in [0, 0.1) is 0 Å². The Balaban J connectivity index is 2.74. The molecule has 0 aliphatic heterocycles. The predicted molar refractivity (Wildman–Crippen MR) is 80.4 cm³/mol. The number of rotatable bonds is 6. The van der Waals surface area contributed by atoms with Crippen molar-refractivity contribution in [1.82, 2.24) is 4.90 Å². The van der Waals surface area contributed by atoms with Gasteiger partial charge in [0.05, 0.1) is 0 Å². The van der Waals surface area contributed by atoms with Crippen molar-refractivity contribution in [1.29, 1.82) is 0 Å². The van der Waals surface area contributed by atoms with E-state index in [4.69, 9.17) is 23.2 Å². The summed E-state index contributed by atoms with van der Waals surface area (Å²) >= 11 is 15.6. The van der Waals surface area contributed by atoms with Gasteiger partial charge < -0.3 is 0 Å². The van der Waals surface area contributed by atoms with E-state index in [1.807, 2.05) is 18.2 Å². The van der Waals surface area contributed by atoms with Gasteiger partial charge in [0.25, 0.3) is 0 Å². The third-order valence-electron chi connectivity index (χ3n) is 2.69. The molecule has 17 heavy (non-hydrogen) atoms. The van der Waals surface area contributed by atoms with Crippen molar-refractivity contribution in [3.8, 4) is 0 Å². The van der Waals surface area contributed by atoms with Crippen LogP contribution in [0.3, 0.4) is 0 Å². The molecule has 0 unspecified atom stereocenters. The fourth-order valence-corrected chi connectivity index (χ4v) is 2.29. The number of benzene rings is 1. The van der Waals surface area contributed by atoms with Crippen molar-refractivity contribution in [2.24, 2.45) is 0 Å². The Bertz CT molecular complexity index is 355. The number of nitrogens with zero attached hydrogens (tertiary/aromatic N) is 1. The van der Waals surface area contributed by atoms with E-state index < -0.39 is 0 Å². The van der Waals surface area contributed by atoms with Gasteiger partial charge in [-0.05, 0) is 50.6 Å². The molecule has 0 radical (unpaired) electrons. The summed E-state index contributed by atoms with van der Waals surface area (Å²) in [7, 11) is 0. The average molecular weight is 339 g/mol. The van der Waals surface area contributed by atoms with Crippen molar-refractivity contribution in [2.45, 2.75) is 32.9 Å². The molecule has 96 valence electrons. The van der Waals surface area contributed by atoms with Crippen molar-refractivity contribution in [3.05, 3.63) is 33.8 Å². The molecule has 0 bridgehead atoms. The molecule has 1 nitrogen and oxygen atoms in total. The maximum Gasteiger partial charge on any atom is 0.0452 e. The molecular weight excluding hydrogens is 321 g/mol. The van der Waals surface area contributed by atoms with Crippen LogP contribution in [0.2, 0.25) is 10.0 Å². The summed E-state index contributed by atoms with van der Waals surface area (Å²) in [5.74, 6) is 0. The highest BCUT2D eigenvalue weighted by atomic mass is 79.9. The molecule has 0 aliphatic carbocycles. The number of alkyl halides is 1. The minimum Gasteiger partial charge on any atom is -0.297 e. The van der Waals surface area contributed by atoms with Crippen LogP contribution in [0.1, 0.15) is 25.8 Å². The molecular formula is C13H18BrCl2N. The highest BCUT2D eigenvalue weighted by Gasteiger charge is 2.11. The van der Waals surface area contributed by atoms with Crippen molar-refractivity contribution >= 4 is 39.1 Å². The van der Waals surface area contributed by atoms with Crippen LogP contribution in [-0.4, -0.2) is 22.8 Å². The van der Waals surface area contributed by atoms with E-state index in [-0.39, 0.29) is 0 Å². The fraction of sp³-hybridized carbons (Fsp3) is 0.538. The second-order valence-corrected chi connectivity index (χ2v) is 5.98. The van der Waals surface area contributed by atoms with Gasteiger partial charge in [0.1, 0.15) is 0 Å². The van der Waals surface area contributed by atoms with Crippen molar-refractivity contribution in [2.75, 3.05) is 11.9 Å². The van der Waals surface area contributed by atoms with Crippen molar-refractivity contribution in [3.63, 3.8) is 0 Å². The van der Waals surface area contributed by atoms with E-state index in [0.717, 1.165) is 40.4 Å². The fourth-order valence-electron chi connectivity index (χ4n) is 1.67. The largest absolute Gasteiger partial charge is 0.297 e. The lowest BCUT2D eigenvalue weighted by molar-refractivity contribution is 0.214. The first kappa shape index (κ1) is 15.3. The molecule has 0 atom stereocenters. The zero-order valence-electron chi connectivity index (χ0n) is 10.2. The van der Waals surface area contributed by atoms with Gasteiger partial charge in [0.15, 0.2) is 0 Å². The normalized spacial score (nSPS) is 11.5. The van der Waals surface area contributed by atoms with Gasteiger partial charge in [-0.3, -0.25) is 4.90 Å². The molecule has 0 spiro atoms. The van der Waals surface area contributed by atoms with Gasteiger partial charge >= 0.3 is 0 Å². The Morgan fingerprint density at radius 1 is 1.29 bits per heavy atom. The molecule has 0 aliphatic rings. The van der Waals surface area contributed by atoms with Crippen LogP contribution in [0.25, 0.3) is 0 Å². The zero-order valence-corrected chi connectivity index (χ0v) is 13.3. The van der Waals surface area contributed by atoms with Gasteiger partial charge in [-0.15, -0.1) is 0 Å². The molecule has 4 heteroatoms. The van der Waals surface area contributed by atoms with Gasteiger partial charge in [-0.1, -0.05) is 39.1 Å². The summed E-state index contributed by atoms with van der Waals surface area (Å²) in [4.78, 5) is 2.40. The van der Waals surface area contributed by atoms with E-state index in [1.165, 1.54) is 0 Å². The Morgan fingerprint density at radius 2 is 2.00 bits per heavy atom. The Morgan fingerprint density at radius 3 is 2.59 bits per heavy atom. The lowest BCUT2D eigenvalue weighted by atomic mass is 10.2. The van der Waals surface area contributed by atoms with E-state index in [0.29, 0.717) is 6.04 Å². The third-order valence-corrected chi connectivity index (χ3v) is 3.86. The monoisotopic (exact) mass is 337 g/mol. The first-order chi connectivity index (χ1) is 8.04. The quantitative estimate of drug-likeness (QED) is 0.660. The second-order valence-electron chi connectivity index (χ2n) is 4.34. The van der Waals surface area contributed by atoms with Crippen LogP contribution in [0.15, 0.2) is 18.2 Å². The SMILES string of the molecule is CC(C)N(CCCBr)Cc1cc(Cl)ccc1Cl. The summed E-state index contributed by atoms with van der Waals surface area (Å²) in [6.45, 7) is 6.31.